The van der Waals surface area contributed by atoms with Crippen molar-refractivity contribution >= 4 is 32.4 Å². The summed E-state index contributed by atoms with van der Waals surface area (Å²) in [7, 11) is -3.59. The highest BCUT2D eigenvalue weighted by molar-refractivity contribution is 7.89. The summed E-state index contributed by atoms with van der Waals surface area (Å²) in [6.07, 6.45) is 0.695. The molecule has 0 aliphatic rings. The van der Waals surface area contributed by atoms with Gasteiger partial charge in [0, 0.05) is 11.7 Å². The van der Waals surface area contributed by atoms with Gasteiger partial charge in [0.15, 0.2) is 0 Å². The Kier molecular flexibility index (Phi) is 6.74. The zero-order valence-corrected chi connectivity index (χ0v) is 18.1. The molecule has 0 aliphatic heterocycles. The first-order valence-electron chi connectivity index (χ1n) is 9.94. The molecule has 1 atom stereocenters. The van der Waals surface area contributed by atoms with Crippen molar-refractivity contribution in [3.63, 3.8) is 0 Å². The Morgan fingerprint density at radius 1 is 1.00 bits per heavy atom. The first-order chi connectivity index (χ1) is 14.4. The van der Waals surface area contributed by atoms with Crippen LogP contribution < -0.4 is 14.8 Å². The van der Waals surface area contributed by atoms with Gasteiger partial charge in [-0.3, -0.25) is 4.79 Å². The maximum atomic E-state index is 13.1. The Morgan fingerprint density at radius 3 is 2.37 bits per heavy atom. The largest absolute Gasteiger partial charge is 0.493 e. The van der Waals surface area contributed by atoms with Crippen LogP contribution in [0.4, 0.5) is 5.69 Å². The van der Waals surface area contributed by atoms with Crippen molar-refractivity contribution in [2.45, 2.75) is 38.1 Å². The van der Waals surface area contributed by atoms with E-state index in [0.717, 1.165) is 10.8 Å². The zero-order valence-electron chi connectivity index (χ0n) is 17.3. The summed E-state index contributed by atoms with van der Waals surface area (Å²) in [5.74, 6) is 0.189. The van der Waals surface area contributed by atoms with E-state index < -0.39 is 10.0 Å². The van der Waals surface area contributed by atoms with Crippen LogP contribution in [-0.4, -0.2) is 27.0 Å². The Bertz CT molecular complexity index is 1140. The number of fused-ring (bicyclic) bond motifs is 1. The smallest absolute Gasteiger partial charge is 0.260 e. The van der Waals surface area contributed by atoms with E-state index in [0.29, 0.717) is 30.0 Å². The number of carbonyl (C=O) groups is 1. The molecule has 30 heavy (non-hydrogen) atoms. The molecule has 3 aromatic rings. The van der Waals surface area contributed by atoms with Crippen molar-refractivity contribution in [2.24, 2.45) is 0 Å². The maximum absolute atomic E-state index is 13.1. The molecular weight excluding hydrogens is 400 g/mol. The third-order valence-electron chi connectivity index (χ3n) is 4.81. The number of hydrogen-bond donors (Lipinski definition) is 2. The number of amides is 1. The molecule has 1 amide bonds. The third-order valence-corrected chi connectivity index (χ3v) is 6.41. The minimum atomic E-state index is -3.59. The number of hydrogen-bond acceptors (Lipinski definition) is 4. The molecule has 3 rings (SSSR count). The molecule has 158 valence electrons. The molecular formula is C23H26N2O4S. The Hall–Kier alpha value is -2.90. The highest BCUT2D eigenvalue weighted by Crippen LogP contribution is 2.29. The molecule has 0 spiro atoms. The Labute approximate surface area is 177 Å². The lowest BCUT2D eigenvalue weighted by Gasteiger charge is -2.14. The van der Waals surface area contributed by atoms with Crippen LogP contribution in [0.1, 0.15) is 37.6 Å². The molecule has 0 saturated carbocycles. The van der Waals surface area contributed by atoms with Crippen LogP contribution in [0.25, 0.3) is 10.8 Å². The molecule has 0 unspecified atom stereocenters. The molecule has 0 bridgehead atoms. The van der Waals surface area contributed by atoms with Crippen LogP contribution in [0.2, 0.25) is 0 Å². The summed E-state index contributed by atoms with van der Waals surface area (Å²) < 4.78 is 33.1. The highest BCUT2D eigenvalue weighted by Gasteiger charge is 2.19. The van der Waals surface area contributed by atoms with E-state index in [9.17, 15) is 13.2 Å². The summed E-state index contributed by atoms with van der Waals surface area (Å²) in [4.78, 5) is 13.2. The first kappa shape index (κ1) is 21.8. The van der Waals surface area contributed by atoms with Gasteiger partial charge in [0.25, 0.3) is 5.91 Å². The van der Waals surface area contributed by atoms with Gasteiger partial charge >= 0.3 is 0 Å². The lowest BCUT2D eigenvalue weighted by atomic mass is 10.0. The second-order valence-corrected chi connectivity index (χ2v) is 8.72. The summed E-state index contributed by atoms with van der Waals surface area (Å²) in [5, 5.41) is 4.57. The lowest BCUT2D eigenvalue weighted by molar-refractivity contribution is 0.102. The second-order valence-electron chi connectivity index (χ2n) is 7.00. The zero-order chi connectivity index (χ0) is 21.7. The minimum Gasteiger partial charge on any atom is -0.493 e. The fourth-order valence-electron chi connectivity index (χ4n) is 3.09. The maximum Gasteiger partial charge on any atom is 0.260 e. The van der Waals surface area contributed by atoms with Gasteiger partial charge in [0.1, 0.15) is 5.75 Å². The fourth-order valence-corrected chi connectivity index (χ4v) is 4.42. The predicted molar refractivity (Wildman–Crippen MR) is 120 cm³/mol. The minimum absolute atomic E-state index is 0.154. The molecule has 3 aromatic carbocycles. The lowest BCUT2D eigenvalue weighted by Crippen LogP contribution is -2.31. The average Bonchev–Trinajstić information content (AvgIpc) is 2.73. The van der Waals surface area contributed by atoms with Crippen LogP contribution in [-0.2, 0) is 10.0 Å². The predicted octanol–water partition coefficient (Wildman–Crippen LogP) is 4.57. The van der Waals surface area contributed by atoms with Gasteiger partial charge in [-0.15, -0.1) is 0 Å². The molecule has 0 heterocycles. The van der Waals surface area contributed by atoms with Crippen LogP contribution >= 0.6 is 0 Å². The van der Waals surface area contributed by atoms with Gasteiger partial charge in [0.05, 0.1) is 17.1 Å². The molecule has 0 aromatic heterocycles. The van der Waals surface area contributed by atoms with E-state index >= 15 is 0 Å². The number of rotatable bonds is 8. The van der Waals surface area contributed by atoms with Crippen LogP contribution in [0.3, 0.4) is 0 Å². The number of carbonyl (C=O) groups excluding carboxylic acids is 1. The molecule has 0 fully saturated rings. The van der Waals surface area contributed by atoms with Crippen molar-refractivity contribution in [3.05, 3.63) is 66.2 Å². The molecule has 7 heteroatoms. The van der Waals surface area contributed by atoms with Gasteiger partial charge < -0.3 is 10.1 Å². The number of ether oxygens (including phenoxy) is 1. The van der Waals surface area contributed by atoms with Crippen molar-refractivity contribution in [3.8, 4) is 5.75 Å². The van der Waals surface area contributed by atoms with Gasteiger partial charge in [-0.25, -0.2) is 13.1 Å². The summed E-state index contributed by atoms with van der Waals surface area (Å²) >= 11 is 0. The number of nitrogens with one attached hydrogen (secondary N) is 2. The van der Waals surface area contributed by atoms with E-state index in [1.165, 1.54) is 12.1 Å². The summed E-state index contributed by atoms with van der Waals surface area (Å²) in [5.41, 5.74) is 0.947. The normalized spacial score (nSPS) is 12.5. The topological polar surface area (TPSA) is 84.5 Å². The quantitative estimate of drug-likeness (QED) is 0.553. The molecule has 0 radical (unpaired) electrons. The van der Waals surface area contributed by atoms with Gasteiger partial charge in [-0.2, -0.15) is 0 Å². The van der Waals surface area contributed by atoms with Crippen molar-refractivity contribution in [1.29, 1.82) is 0 Å². The number of anilines is 1. The van der Waals surface area contributed by atoms with E-state index in [1.54, 1.807) is 18.2 Å². The van der Waals surface area contributed by atoms with E-state index in [4.69, 9.17) is 4.74 Å². The molecule has 2 N–H and O–H groups in total. The Morgan fingerprint density at radius 2 is 1.70 bits per heavy atom. The van der Waals surface area contributed by atoms with Crippen molar-refractivity contribution < 1.29 is 17.9 Å². The summed E-state index contributed by atoms with van der Waals surface area (Å²) in [6.45, 7) is 6.03. The Balaban J connectivity index is 1.87. The number of sulfonamides is 1. The third kappa shape index (κ3) is 4.80. The first-order valence-corrected chi connectivity index (χ1v) is 11.4. The summed E-state index contributed by atoms with van der Waals surface area (Å²) in [6, 6.07) is 17.3. The average molecular weight is 427 g/mol. The molecule has 0 saturated heterocycles. The van der Waals surface area contributed by atoms with Gasteiger partial charge in [-0.1, -0.05) is 37.3 Å². The monoisotopic (exact) mass is 426 g/mol. The van der Waals surface area contributed by atoms with Gasteiger partial charge in [-0.05, 0) is 61.4 Å². The highest BCUT2D eigenvalue weighted by atomic mass is 32.2. The van der Waals surface area contributed by atoms with Crippen LogP contribution in [0.15, 0.2) is 65.6 Å². The number of benzene rings is 3. The van der Waals surface area contributed by atoms with Crippen molar-refractivity contribution in [2.75, 3.05) is 11.9 Å². The van der Waals surface area contributed by atoms with E-state index in [1.807, 2.05) is 51.1 Å². The fraction of sp³-hybridized carbons (Fsp3) is 0.261. The SMILES string of the molecule is CCOc1ccc2ccccc2c1C(=O)Nc1ccc(S(=O)(=O)N[C@@H](C)CC)cc1. The van der Waals surface area contributed by atoms with Gasteiger partial charge in [0.2, 0.25) is 10.0 Å². The second kappa shape index (κ2) is 9.28. The molecule has 0 aliphatic carbocycles. The van der Waals surface area contributed by atoms with Crippen LogP contribution in [0, 0.1) is 0 Å². The standard InChI is InChI=1S/C23H26N2O4S/c1-4-16(3)25-30(27,28)19-13-11-18(12-14-19)24-23(26)22-20-9-7-6-8-17(20)10-15-21(22)29-5-2/h6-16,25H,4-5H2,1-3H3,(H,24,26)/t16-/m0/s1. The van der Waals surface area contributed by atoms with Crippen LogP contribution in [0.5, 0.6) is 5.75 Å². The van der Waals surface area contributed by atoms with E-state index in [-0.39, 0.29) is 16.8 Å². The van der Waals surface area contributed by atoms with E-state index in [2.05, 4.69) is 10.0 Å². The molecule has 6 nitrogen and oxygen atoms in total. The van der Waals surface area contributed by atoms with Crippen molar-refractivity contribution in [1.82, 2.24) is 4.72 Å².